The lowest BCUT2D eigenvalue weighted by molar-refractivity contribution is -0.141. The van der Waals surface area contributed by atoms with Crippen LogP contribution in [-0.2, 0) is 20.8 Å². The van der Waals surface area contributed by atoms with Crippen LogP contribution in [0.4, 0.5) is 0 Å². The number of likely N-dealkylation sites (tertiary alicyclic amines) is 1. The number of hydrogen-bond donors (Lipinski definition) is 2. The Balaban J connectivity index is 1.71. The van der Waals surface area contributed by atoms with Crippen LogP contribution >= 0.6 is 0 Å². The molecule has 0 saturated carbocycles. The molecule has 1 aliphatic rings. The first-order valence-electron chi connectivity index (χ1n) is 6.87. The van der Waals surface area contributed by atoms with Crippen LogP contribution in [0.5, 0.6) is 0 Å². The van der Waals surface area contributed by atoms with Crippen molar-refractivity contribution in [1.82, 2.24) is 10.2 Å². The molecule has 21 heavy (non-hydrogen) atoms. The minimum Gasteiger partial charge on any atom is -0.481 e. The smallest absolute Gasteiger partial charge is 0.308 e. The van der Waals surface area contributed by atoms with E-state index in [9.17, 15) is 14.4 Å². The lowest BCUT2D eigenvalue weighted by Crippen LogP contribution is -2.36. The van der Waals surface area contributed by atoms with Crippen molar-refractivity contribution in [2.24, 2.45) is 5.92 Å². The summed E-state index contributed by atoms with van der Waals surface area (Å²) in [6.45, 7) is 0.912. The fourth-order valence-corrected chi connectivity index (χ4v) is 2.33. The van der Waals surface area contributed by atoms with Gasteiger partial charge in [0.2, 0.25) is 11.8 Å². The van der Waals surface area contributed by atoms with Crippen LogP contribution in [0.3, 0.4) is 0 Å². The first kappa shape index (κ1) is 15.0. The van der Waals surface area contributed by atoms with Crippen molar-refractivity contribution in [1.29, 1.82) is 0 Å². The van der Waals surface area contributed by atoms with Gasteiger partial charge in [0, 0.05) is 26.1 Å². The van der Waals surface area contributed by atoms with E-state index in [-0.39, 0.29) is 24.8 Å². The molecule has 2 N–H and O–H groups in total. The van der Waals surface area contributed by atoms with E-state index in [0.717, 1.165) is 5.56 Å². The number of rotatable bonds is 6. The van der Waals surface area contributed by atoms with E-state index in [4.69, 9.17) is 5.11 Å². The van der Waals surface area contributed by atoms with Crippen LogP contribution in [0.15, 0.2) is 30.3 Å². The third kappa shape index (κ3) is 4.30. The van der Waals surface area contributed by atoms with Gasteiger partial charge < -0.3 is 15.3 Å². The number of carboxylic acids is 1. The van der Waals surface area contributed by atoms with Crippen molar-refractivity contribution < 1.29 is 19.5 Å². The highest BCUT2D eigenvalue weighted by Gasteiger charge is 2.33. The van der Waals surface area contributed by atoms with Gasteiger partial charge in [-0.25, -0.2) is 0 Å². The van der Waals surface area contributed by atoms with E-state index in [1.807, 2.05) is 30.3 Å². The van der Waals surface area contributed by atoms with Gasteiger partial charge in [0.25, 0.3) is 0 Å². The molecule has 6 nitrogen and oxygen atoms in total. The minimum atomic E-state index is -0.945. The summed E-state index contributed by atoms with van der Waals surface area (Å²) in [5, 5.41) is 11.6. The van der Waals surface area contributed by atoms with Crippen molar-refractivity contribution >= 4 is 17.8 Å². The average Bonchev–Trinajstić information content (AvgIpc) is 2.82. The first-order chi connectivity index (χ1) is 10.1. The maximum Gasteiger partial charge on any atom is 0.308 e. The van der Waals surface area contributed by atoms with Crippen molar-refractivity contribution in [3.05, 3.63) is 35.9 Å². The molecular formula is C15H18N2O4. The highest BCUT2D eigenvalue weighted by molar-refractivity contribution is 5.86. The number of nitrogens with one attached hydrogen (secondary N) is 1. The Kier molecular flexibility index (Phi) is 4.92. The predicted octanol–water partition coefficient (Wildman–Crippen LogP) is 0.278. The third-order valence-corrected chi connectivity index (χ3v) is 3.48. The molecule has 1 saturated heterocycles. The zero-order valence-corrected chi connectivity index (χ0v) is 11.6. The van der Waals surface area contributed by atoms with Crippen molar-refractivity contribution in [3.8, 4) is 0 Å². The molecule has 0 aromatic heterocycles. The predicted molar refractivity (Wildman–Crippen MR) is 75.5 cm³/mol. The lowest BCUT2D eigenvalue weighted by Gasteiger charge is -2.16. The summed E-state index contributed by atoms with van der Waals surface area (Å²) < 4.78 is 0. The molecule has 112 valence electrons. The van der Waals surface area contributed by atoms with Crippen LogP contribution in [0, 0.1) is 5.92 Å². The Morgan fingerprint density at radius 3 is 2.62 bits per heavy atom. The fourth-order valence-electron chi connectivity index (χ4n) is 2.33. The Labute approximate surface area is 122 Å². The number of aliphatic carboxylic acids is 1. The van der Waals surface area contributed by atoms with Gasteiger partial charge in [0.05, 0.1) is 12.3 Å². The van der Waals surface area contributed by atoms with Gasteiger partial charge in [0.1, 0.15) is 0 Å². The van der Waals surface area contributed by atoms with Gasteiger partial charge in [0.15, 0.2) is 0 Å². The number of hydrogen-bond acceptors (Lipinski definition) is 3. The summed E-state index contributed by atoms with van der Waals surface area (Å²) in [5.74, 6) is -1.85. The van der Waals surface area contributed by atoms with E-state index in [0.29, 0.717) is 19.5 Å². The molecule has 6 heteroatoms. The van der Waals surface area contributed by atoms with Crippen molar-refractivity contribution in [2.45, 2.75) is 12.8 Å². The van der Waals surface area contributed by atoms with Gasteiger partial charge in [-0.3, -0.25) is 14.4 Å². The Morgan fingerprint density at radius 2 is 2.00 bits per heavy atom. The number of benzene rings is 1. The van der Waals surface area contributed by atoms with Crippen LogP contribution in [0.1, 0.15) is 12.0 Å². The zero-order valence-electron chi connectivity index (χ0n) is 11.6. The summed E-state index contributed by atoms with van der Waals surface area (Å²) >= 11 is 0. The first-order valence-corrected chi connectivity index (χ1v) is 6.87. The highest BCUT2D eigenvalue weighted by Crippen LogP contribution is 2.17. The summed E-state index contributed by atoms with van der Waals surface area (Å²) in [6.07, 6.45) is 0.347. The molecule has 2 amide bonds. The van der Waals surface area contributed by atoms with E-state index in [1.54, 1.807) is 0 Å². The Bertz CT molecular complexity index is 530. The number of nitrogens with zero attached hydrogens (tertiary/aromatic N) is 1. The normalized spacial score (nSPS) is 17.8. The lowest BCUT2D eigenvalue weighted by atomic mass is 10.1. The third-order valence-electron chi connectivity index (χ3n) is 3.48. The summed E-state index contributed by atoms with van der Waals surface area (Å²) in [7, 11) is 0. The molecule has 1 aliphatic heterocycles. The molecule has 1 fully saturated rings. The molecule has 0 radical (unpaired) electrons. The van der Waals surface area contributed by atoms with Gasteiger partial charge in [-0.1, -0.05) is 30.3 Å². The molecule has 1 unspecified atom stereocenters. The molecule has 2 rings (SSSR count). The number of amides is 2. The molecule has 1 heterocycles. The highest BCUT2D eigenvalue weighted by atomic mass is 16.4. The monoisotopic (exact) mass is 290 g/mol. The number of carbonyl (C=O) groups excluding carboxylic acids is 2. The molecular weight excluding hydrogens is 272 g/mol. The maximum absolute atomic E-state index is 11.7. The van der Waals surface area contributed by atoms with Crippen LogP contribution in [0.25, 0.3) is 0 Å². The van der Waals surface area contributed by atoms with E-state index in [1.165, 1.54) is 4.90 Å². The molecule has 1 atom stereocenters. The maximum atomic E-state index is 11.7. The second-order valence-electron chi connectivity index (χ2n) is 5.09. The SMILES string of the molecule is O=C(Cc1ccccc1)NCCN1CC(C(=O)O)CC1=O. The topological polar surface area (TPSA) is 86.7 Å². The number of carboxylic acid groups (broad SMARTS) is 1. The van der Waals surface area contributed by atoms with Gasteiger partial charge >= 0.3 is 5.97 Å². The van der Waals surface area contributed by atoms with Gasteiger partial charge in [-0.15, -0.1) is 0 Å². The molecule has 1 aromatic carbocycles. The van der Waals surface area contributed by atoms with Gasteiger partial charge in [-0.05, 0) is 5.56 Å². The molecule has 1 aromatic rings. The van der Waals surface area contributed by atoms with E-state index in [2.05, 4.69) is 5.32 Å². The van der Waals surface area contributed by atoms with E-state index >= 15 is 0 Å². The second kappa shape index (κ2) is 6.88. The largest absolute Gasteiger partial charge is 0.481 e. The summed E-state index contributed by atoms with van der Waals surface area (Å²) in [5.41, 5.74) is 0.929. The standard InChI is InChI=1S/C15H18N2O4/c18-13(8-11-4-2-1-3-5-11)16-6-7-17-10-12(15(20)21)9-14(17)19/h1-5,12H,6-10H2,(H,16,18)(H,20,21). The second-order valence-corrected chi connectivity index (χ2v) is 5.09. The summed E-state index contributed by atoms with van der Waals surface area (Å²) in [4.78, 5) is 35.7. The van der Waals surface area contributed by atoms with E-state index < -0.39 is 11.9 Å². The average molecular weight is 290 g/mol. The fraction of sp³-hybridized carbons (Fsp3) is 0.400. The number of carbonyl (C=O) groups is 3. The van der Waals surface area contributed by atoms with Crippen LogP contribution < -0.4 is 5.32 Å². The zero-order chi connectivity index (χ0) is 15.2. The summed E-state index contributed by atoms with van der Waals surface area (Å²) in [6, 6.07) is 9.39. The quantitative estimate of drug-likeness (QED) is 0.788. The van der Waals surface area contributed by atoms with Crippen molar-refractivity contribution in [3.63, 3.8) is 0 Å². The van der Waals surface area contributed by atoms with Crippen LogP contribution in [0.2, 0.25) is 0 Å². The van der Waals surface area contributed by atoms with Gasteiger partial charge in [-0.2, -0.15) is 0 Å². The van der Waals surface area contributed by atoms with Crippen LogP contribution in [-0.4, -0.2) is 47.4 Å². The Hall–Kier alpha value is -2.37. The molecule has 0 aliphatic carbocycles. The molecule has 0 spiro atoms. The minimum absolute atomic E-state index is 0.0489. The molecule has 0 bridgehead atoms. The Morgan fingerprint density at radius 1 is 1.29 bits per heavy atom. The van der Waals surface area contributed by atoms with Crippen molar-refractivity contribution in [2.75, 3.05) is 19.6 Å².